The number of carbonyl (C=O) groups excluding carboxylic acids is 2. The van der Waals surface area contributed by atoms with E-state index in [0.717, 1.165) is 15.6 Å². The Hall–Kier alpha value is -1.56. The standard InChI is InChI=1S/C15H24N4O5S2/c1-10(14(16)22)4-5-13(21)19(11-3-2-6-17-9-12(11)20)26(23,24)15-18-7-8-25-15/h7-8,10-12,17,20H,2-6,9H2,1H3,(H2,16,22)/t10?,11?,12-/m0/s1. The highest BCUT2D eigenvalue weighted by Crippen LogP contribution is 2.26. The molecular weight excluding hydrogens is 380 g/mol. The highest BCUT2D eigenvalue weighted by atomic mass is 32.2. The average Bonchev–Trinajstić information content (AvgIpc) is 3.05. The van der Waals surface area contributed by atoms with Gasteiger partial charge in [-0.1, -0.05) is 6.92 Å². The molecule has 2 heterocycles. The second-order valence-electron chi connectivity index (χ2n) is 6.32. The fourth-order valence-electron chi connectivity index (χ4n) is 2.80. The zero-order valence-corrected chi connectivity index (χ0v) is 16.1. The Morgan fingerprint density at radius 2 is 2.27 bits per heavy atom. The molecule has 0 bridgehead atoms. The number of nitrogens with two attached hydrogens (primary N) is 1. The first-order valence-electron chi connectivity index (χ1n) is 8.40. The predicted octanol–water partition coefficient (Wildman–Crippen LogP) is -0.325. The summed E-state index contributed by atoms with van der Waals surface area (Å²) in [6.45, 7) is 2.41. The van der Waals surface area contributed by atoms with Gasteiger partial charge in [-0.15, -0.1) is 11.3 Å². The maximum atomic E-state index is 13.0. The molecule has 0 radical (unpaired) electrons. The molecule has 2 unspecified atom stereocenters. The summed E-state index contributed by atoms with van der Waals surface area (Å²) in [6, 6.07) is -0.879. The number of carbonyl (C=O) groups is 2. The Bertz CT molecular complexity index is 722. The van der Waals surface area contributed by atoms with Crippen LogP contribution in [0, 0.1) is 5.92 Å². The minimum atomic E-state index is -4.19. The summed E-state index contributed by atoms with van der Waals surface area (Å²) in [4.78, 5) is 27.8. The second-order valence-corrected chi connectivity index (χ2v) is 9.20. The van der Waals surface area contributed by atoms with Crippen LogP contribution in [0.15, 0.2) is 15.9 Å². The number of aliphatic hydroxyl groups is 1. The molecule has 2 amide bonds. The summed E-state index contributed by atoms with van der Waals surface area (Å²) in [7, 11) is -4.19. The van der Waals surface area contributed by atoms with E-state index in [4.69, 9.17) is 5.73 Å². The number of hydrogen-bond acceptors (Lipinski definition) is 8. The van der Waals surface area contributed by atoms with Crippen molar-refractivity contribution in [3.63, 3.8) is 0 Å². The van der Waals surface area contributed by atoms with Crippen LogP contribution in [0.3, 0.4) is 0 Å². The van der Waals surface area contributed by atoms with Gasteiger partial charge in [-0.2, -0.15) is 8.42 Å². The van der Waals surface area contributed by atoms with Crippen molar-refractivity contribution >= 4 is 33.2 Å². The molecule has 1 aromatic rings. The molecule has 26 heavy (non-hydrogen) atoms. The van der Waals surface area contributed by atoms with E-state index >= 15 is 0 Å². The lowest BCUT2D eigenvalue weighted by Gasteiger charge is -2.32. The highest BCUT2D eigenvalue weighted by molar-refractivity contribution is 7.91. The van der Waals surface area contributed by atoms with E-state index in [1.165, 1.54) is 11.6 Å². The van der Waals surface area contributed by atoms with Crippen molar-refractivity contribution in [2.75, 3.05) is 13.1 Å². The van der Waals surface area contributed by atoms with E-state index in [1.807, 2.05) is 0 Å². The van der Waals surface area contributed by atoms with Gasteiger partial charge in [0.2, 0.25) is 16.2 Å². The number of aromatic nitrogens is 1. The molecule has 11 heteroatoms. The summed E-state index contributed by atoms with van der Waals surface area (Å²) in [6.07, 6.45) is 1.27. The maximum absolute atomic E-state index is 13.0. The Labute approximate surface area is 156 Å². The number of thiazole rings is 1. The molecular formula is C15H24N4O5S2. The van der Waals surface area contributed by atoms with Gasteiger partial charge in [0.25, 0.3) is 10.0 Å². The van der Waals surface area contributed by atoms with Gasteiger partial charge in [0.15, 0.2) is 0 Å². The van der Waals surface area contributed by atoms with E-state index in [0.29, 0.717) is 19.4 Å². The molecule has 4 N–H and O–H groups in total. The third-order valence-electron chi connectivity index (χ3n) is 4.36. The van der Waals surface area contributed by atoms with Crippen molar-refractivity contribution in [2.24, 2.45) is 11.7 Å². The Balaban J connectivity index is 2.32. The van der Waals surface area contributed by atoms with E-state index in [-0.39, 0.29) is 23.7 Å². The fraction of sp³-hybridized carbons (Fsp3) is 0.667. The van der Waals surface area contributed by atoms with Gasteiger partial charge in [-0.25, -0.2) is 9.29 Å². The van der Waals surface area contributed by atoms with Gasteiger partial charge in [0.1, 0.15) is 0 Å². The molecule has 0 aliphatic carbocycles. The maximum Gasteiger partial charge on any atom is 0.294 e. The third-order valence-corrected chi connectivity index (χ3v) is 7.39. The molecule has 1 aliphatic rings. The number of nitrogens with zero attached hydrogens (tertiary/aromatic N) is 2. The summed E-state index contributed by atoms with van der Waals surface area (Å²) in [5.41, 5.74) is 5.21. The molecule has 0 saturated carbocycles. The molecule has 1 saturated heterocycles. The van der Waals surface area contributed by atoms with Gasteiger partial charge < -0.3 is 16.2 Å². The molecule has 3 atom stereocenters. The molecule has 2 rings (SSSR count). The van der Waals surface area contributed by atoms with Crippen LogP contribution in [0.25, 0.3) is 0 Å². The number of sulfonamides is 1. The summed E-state index contributed by atoms with van der Waals surface area (Å²) in [5.74, 6) is -1.77. The second kappa shape index (κ2) is 8.89. The van der Waals surface area contributed by atoms with Crippen molar-refractivity contribution < 1.29 is 23.1 Å². The minimum Gasteiger partial charge on any atom is -0.390 e. The molecule has 1 aromatic heterocycles. The number of amides is 2. The Morgan fingerprint density at radius 3 is 2.88 bits per heavy atom. The lowest BCUT2D eigenvalue weighted by Crippen LogP contribution is -2.51. The first-order chi connectivity index (χ1) is 12.2. The van der Waals surface area contributed by atoms with Crippen LogP contribution in [0.4, 0.5) is 0 Å². The van der Waals surface area contributed by atoms with Crippen LogP contribution >= 0.6 is 11.3 Å². The molecule has 1 fully saturated rings. The predicted molar refractivity (Wildman–Crippen MR) is 95.6 cm³/mol. The first-order valence-corrected chi connectivity index (χ1v) is 10.7. The lowest BCUT2D eigenvalue weighted by molar-refractivity contribution is -0.130. The van der Waals surface area contributed by atoms with Crippen molar-refractivity contribution in [1.29, 1.82) is 0 Å². The van der Waals surface area contributed by atoms with E-state index < -0.39 is 39.9 Å². The highest BCUT2D eigenvalue weighted by Gasteiger charge is 2.40. The summed E-state index contributed by atoms with van der Waals surface area (Å²) in [5, 5.41) is 14.9. The summed E-state index contributed by atoms with van der Waals surface area (Å²) < 4.78 is 26.6. The number of nitrogens with one attached hydrogen (secondary N) is 1. The monoisotopic (exact) mass is 404 g/mol. The normalized spacial score (nSPS) is 22.4. The topological polar surface area (TPSA) is 143 Å². The van der Waals surface area contributed by atoms with E-state index in [1.54, 1.807) is 6.92 Å². The number of hydrogen-bond donors (Lipinski definition) is 3. The smallest absolute Gasteiger partial charge is 0.294 e. The van der Waals surface area contributed by atoms with Crippen LogP contribution in [0.2, 0.25) is 0 Å². The van der Waals surface area contributed by atoms with Crippen LogP contribution in [0.1, 0.15) is 32.6 Å². The number of primary amides is 1. The molecule has 0 aromatic carbocycles. The molecule has 0 spiro atoms. The van der Waals surface area contributed by atoms with Crippen LogP contribution in [-0.4, -0.2) is 59.9 Å². The van der Waals surface area contributed by atoms with Crippen LogP contribution in [0.5, 0.6) is 0 Å². The SMILES string of the molecule is CC(CCC(=O)N(C1CCCNC[C@@H]1O)S(=O)(=O)c1nccs1)C(N)=O. The fourth-order valence-corrected chi connectivity index (χ4v) is 5.38. The van der Waals surface area contributed by atoms with Crippen molar-refractivity contribution in [2.45, 2.75) is 49.1 Å². The third kappa shape index (κ3) is 4.78. The zero-order chi connectivity index (χ0) is 19.3. The Kier molecular flexibility index (Phi) is 7.09. The van der Waals surface area contributed by atoms with Gasteiger partial charge >= 0.3 is 0 Å². The average molecular weight is 405 g/mol. The van der Waals surface area contributed by atoms with Gasteiger partial charge in [0.05, 0.1) is 12.1 Å². The lowest BCUT2D eigenvalue weighted by atomic mass is 10.0. The van der Waals surface area contributed by atoms with E-state index in [9.17, 15) is 23.1 Å². The quantitative estimate of drug-likeness (QED) is 0.565. The summed E-state index contributed by atoms with van der Waals surface area (Å²) >= 11 is 0.911. The Morgan fingerprint density at radius 1 is 1.54 bits per heavy atom. The number of rotatable bonds is 7. The van der Waals surface area contributed by atoms with Crippen LogP contribution in [-0.2, 0) is 19.6 Å². The molecule has 146 valence electrons. The van der Waals surface area contributed by atoms with Gasteiger partial charge in [-0.3, -0.25) is 9.59 Å². The van der Waals surface area contributed by atoms with Crippen molar-refractivity contribution in [3.05, 3.63) is 11.6 Å². The van der Waals surface area contributed by atoms with Gasteiger partial charge in [0, 0.05) is 30.5 Å². The van der Waals surface area contributed by atoms with E-state index in [2.05, 4.69) is 10.3 Å². The largest absolute Gasteiger partial charge is 0.390 e. The first kappa shape index (κ1) is 20.7. The number of aliphatic hydroxyl groups excluding tert-OH is 1. The molecule has 1 aliphatic heterocycles. The van der Waals surface area contributed by atoms with Gasteiger partial charge in [-0.05, 0) is 25.8 Å². The van der Waals surface area contributed by atoms with Crippen molar-refractivity contribution in [3.8, 4) is 0 Å². The number of β-amino-alcohol motifs (C(OH)–C–C–N with tert-alkyl or cyclic N) is 1. The zero-order valence-electron chi connectivity index (χ0n) is 14.5. The minimum absolute atomic E-state index is 0.138. The molecule has 9 nitrogen and oxygen atoms in total. The van der Waals surface area contributed by atoms with Crippen LogP contribution < -0.4 is 11.1 Å². The van der Waals surface area contributed by atoms with Crippen molar-refractivity contribution in [1.82, 2.24) is 14.6 Å².